The fraction of sp³-hybridized carbons (Fsp3) is 0.450. The molecule has 0 unspecified atom stereocenters. The summed E-state index contributed by atoms with van der Waals surface area (Å²) in [7, 11) is 0. The van der Waals surface area contributed by atoms with Crippen molar-refractivity contribution in [1.82, 2.24) is 10.2 Å². The number of carbonyl (C=O) groups is 2. The SMILES string of the molecule is CCOC(=O)NCC1=C(N2CCCC2=O)c2cc(C#N)ccc2OC1(C)C. The van der Waals surface area contributed by atoms with Crippen molar-refractivity contribution in [2.24, 2.45) is 0 Å². The summed E-state index contributed by atoms with van der Waals surface area (Å²) in [6.07, 6.45) is 0.732. The summed E-state index contributed by atoms with van der Waals surface area (Å²) in [6.45, 7) is 6.59. The van der Waals surface area contributed by atoms with E-state index in [0.29, 0.717) is 29.8 Å². The smallest absolute Gasteiger partial charge is 0.407 e. The van der Waals surface area contributed by atoms with Gasteiger partial charge >= 0.3 is 6.09 Å². The molecule has 1 aromatic carbocycles. The molecule has 2 aliphatic heterocycles. The van der Waals surface area contributed by atoms with Gasteiger partial charge in [0.25, 0.3) is 0 Å². The molecule has 0 bridgehead atoms. The average Bonchev–Trinajstić information content (AvgIpc) is 3.04. The van der Waals surface area contributed by atoms with Crippen LogP contribution in [0.15, 0.2) is 23.8 Å². The van der Waals surface area contributed by atoms with Crippen molar-refractivity contribution >= 4 is 17.7 Å². The normalized spacial score (nSPS) is 17.9. The predicted molar refractivity (Wildman–Crippen MR) is 98.8 cm³/mol. The predicted octanol–water partition coefficient (Wildman–Crippen LogP) is 2.81. The number of hydrogen-bond donors (Lipinski definition) is 1. The van der Waals surface area contributed by atoms with Gasteiger partial charge in [-0.25, -0.2) is 4.79 Å². The number of ether oxygens (including phenoxy) is 2. The molecular formula is C20H23N3O4. The molecule has 2 amide bonds. The molecule has 0 aliphatic carbocycles. The molecule has 0 radical (unpaired) electrons. The zero-order valence-corrected chi connectivity index (χ0v) is 15.8. The molecule has 0 spiro atoms. The maximum Gasteiger partial charge on any atom is 0.407 e. The molecule has 0 aromatic heterocycles. The van der Waals surface area contributed by atoms with E-state index in [1.807, 2.05) is 13.8 Å². The van der Waals surface area contributed by atoms with Gasteiger partial charge in [-0.1, -0.05) is 0 Å². The van der Waals surface area contributed by atoms with Crippen LogP contribution in [0.25, 0.3) is 5.70 Å². The van der Waals surface area contributed by atoms with E-state index in [4.69, 9.17) is 9.47 Å². The second kappa shape index (κ2) is 7.31. The van der Waals surface area contributed by atoms with Crippen molar-refractivity contribution in [2.75, 3.05) is 19.7 Å². The molecule has 7 nitrogen and oxygen atoms in total. The second-order valence-electron chi connectivity index (χ2n) is 6.99. The molecule has 1 N–H and O–H groups in total. The van der Waals surface area contributed by atoms with E-state index < -0.39 is 11.7 Å². The summed E-state index contributed by atoms with van der Waals surface area (Å²) < 4.78 is 11.1. The van der Waals surface area contributed by atoms with E-state index in [2.05, 4.69) is 11.4 Å². The molecular weight excluding hydrogens is 346 g/mol. The Morgan fingerprint density at radius 1 is 1.44 bits per heavy atom. The largest absolute Gasteiger partial charge is 0.483 e. The zero-order valence-electron chi connectivity index (χ0n) is 15.8. The number of amides is 2. The number of alkyl carbamates (subject to hydrolysis) is 1. The first kappa shape index (κ1) is 18.8. The topological polar surface area (TPSA) is 91.7 Å². The molecule has 142 valence electrons. The minimum absolute atomic E-state index is 0.0321. The lowest BCUT2D eigenvalue weighted by molar-refractivity contribution is -0.125. The number of rotatable bonds is 4. The van der Waals surface area contributed by atoms with Gasteiger partial charge in [-0.2, -0.15) is 5.26 Å². The summed E-state index contributed by atoms with van der Waals surface area (Å²) in [5, 5.41) is 12.0. The highest BCUT2D eigenvalue weighted by atomic mass is 16.5. The monoisotopic (exact) mass is 369 g/mol. The minimum Gasteiger partial charge on any atom is -0.483 e. The number of nitriles is 1. The van der Waals surface area contributed by atoms with Crippen LogP contribution in [0.2, 0.25) is 0 Å². The van der Waals surface area contributed by atoms with Crippen LogP contribution in [0.4, 0.5) is 4.79 Å². The number of nitrogens with zero attached hydrogens (tertiary/aromatic N) is 2. The zero-order chi connectivity index (χ0) is 19.6. The van der Waals surface area contributed by atoms with Crippen LogP contribution < -0.4 is 10.1 Å². The van der Waals surface area contributed by atoms with Gasteiger partial charge in [0, 0.05) is 30.6 Å². The van der Waals surface area contributed by atoms with Crippen molar-refractivity contribution in [2.45, 2.75) is 39.2 Å². The number of carbonyl (C=O) groups excluding carboxylic acids is 2. The lowest BCUT2D eigenvalue weighted by atomic mass is 9.88. The minimum atomic E-state index is -0.737. The van der Waals surface area contributed by atoms with Crippen molar-refractivity contribution in [3.8, 4) is 11.8 Å². The lowest BCUT2D eigenvalue weighted by Crippen LogP contribution is -2.43. The third kappa shape index (κ3) is 3.61. The van der Waals surface area contributed by atoms with Crippen LogP contribution in [0.5, 0.6) is 5.75 Å². The molecule has 2 heterocycles. The van der Waals surface area contributed by atoms with Gasteiger partial charge in [0.2, 0.25) is 5.91 Å². The fourth-order valence-electron chi connectivity index (χ4n) is 3.49. The van der Waals surface area contributed by atoms with E-state index in [-0.39, 0.29) is 19.1 Å². The van der Waals surface area contributed by atoms with E-state index in [0.717, 1.165) is 17.7 Å². The van der Waals surface area contributed by atoms with Crippen LogP contribution in [-0.4, -0.2) is 42.2 Å². The summed E-state index contributed by atoms with van der Waals surface area (Å²) in [6, 6.07) is 7.31. The summed E-state index contributed by atoms with van der Waals surface area (Å²) >= 11 is 0. The molecule has 0 saturated carbocycles. The van der Waals surface area contributed by atoms with Gasteiger partial charge in [0.05, 0.1) is 23.9 Å². The van der Waals surface area contributed by atoms with E-state index in [1.165, 1.54) is 0 Å². The molecule has 1 aromatic rings. The molecule has 2 aliphatic rings. The maximum atomic E-state index is 12.5. The molecule has 27 heavy (non-hydrogen) atoms. The highest BCUT2D eigenvalue weighted by molar-refractivity contribution is 5.92. The number of fused-ring (bicyclic) bond motifs is 1. The van der Waals surface area contributed by atoms with E-state index >= 15 is 0 Å². The summed E-state index contributed by atoms with van der Waals surface area (Å²) in [4.78, 5) is 26.1. The van der Waals surface area contributed by atoms with Crippen LogP contribution in [-0.2, 0) is 9.53 Å². The third-order valence-electron chi connectivity index (χ3n) is 4.77. The van der Waals surface area contributed by atoms with E-state index in [1.54, 1.807) is 30.0 Å². The molecule has 1 saturated heterocycles. The summed E-state index contributed by atoms with van der Waals surface area (Å²) in [5.74, 6) is 0.651. The first-order valence-corrected chi connectivity index (χ1v) is 9.05. The van der Waals surface area contributed by atoms with Crippen LogP contribution in [0.1, 0.15) is 44.7 Å². The van der Waals surface area contributed by atoms with E-state index in [9.17, 15) is 14.9 Å². The first-order chi connectivity index (χ1) is 12.9. The van der Waals surface area contributed by atoms with Gasteiger partial charge in [0.1, 0.15) is 11.4 Å². The Bertz CT molecular complexity index is 851. The number of nitrogens with one attached hydrogen (secondary N) is 1. The highest BCUT2D eigenvalue weighted by Gasteiger charge is 2.39. The third-order valence-corrected chi connectivity index (χ3v) is 4.77. The van der Waals surface area contributed by atoms with Crippen molar-refractivity contribution in [1.29, 1.82) is 5.26 Å². The fourth-order valence-corrected chi connectivity index (χ4v) is 3.49. The standard InChI is InChI=1S/C20H23N3O4/c1-4-26-19(25)22-12-15-18(23-9-5-6-17(23)24)14-10-13(11-21)7-8-16(14)27-20(15,2)3/h7-8,10H,4-6,9,12H2,1-3H3,(H,22,25). The maximum absolute atomic E-state index is 12.5. The van der Waals surface area contributed by atoms with Crippen molar-refractivity contribution in [3.05, 3.63) is 34.9 Å². The quantitative estimate of drug-likeness (QED) is 0.881. The Morgan fingerprint density at radius 3 is 2.85 bits per heavy atom. The Hall–Kier alpha value is -3.01. The van der Waals surface area contributed by atoms with Crippen molar-refractivity contribution < 1.29 is 19.1 Å². The lowest BCUT2D eigenvalue weighted by Gasteiger charge is -2.39. The molecule has 0 atom stereocenters. The Labute approximate surface area is 158 Å². The number of likely N-dealkylation sites (tertiary alicyclic amines) is 1. The Kier molecular flexibility index (Phi) is 5.08. The average molecular weight is 369 g/mol. The molecule has 1 fully saturated rings. The van der Waals surface area contributed by atoms with Crippen LogP contribution >= 0.6 is 0 Å². The van der Waals surface area contributed by atoms with Gasteiger partial charge in [-0.3, -0.25) is 4.79 Å². The van der Waals surface area contributed by atoms with Gasteiger partial charge in [-0.05, 0) is 45.4 Å². The first-order valence-electron chi connectivity index (χ1n) is 9.05. The molecule has 3 rings (SSSR count). The van der Waals surface area contributed by atoms with Gasteiger partial charge < -0.3 is 19.7 Å². The number of hydrogen-bond acceptors (Lipinski definition) is 5. The summed E-state index contributed by atoms with van der Waals surface area (Å²) in [5.41, 5.74) is 1.94. The van der Waals surface area contributed by atoms with Crippen LogP contribution in [0, 0.1) is 11.3 Å². The van der Waals surface area contributed by atoms with Gasteiger partial charge in [-0.15, -0.1) is 0 Å². The number of benzene rings is 1. The van der Waals surface area contributed by atoms with Gasteiger partial charge in [0.15, 0.2) is 0 Å². The highest BCUT2D eigenvalue weighted by Crippen LogP contribution is 2.43. The van der Waals surface area contributed by atoms with Crippen molar-refractivity contribution in [3.63, 3.8) is 0 Å². The Morgan fingerprint density at radius 2 is 2.22 bits per heavy atom. The van der Waals surface area contributed by atoms with Crippen LogP contribution in [0.3, 0.4) is 0 Å². The molecule has 7 heteroatoms. The Balaban J connectivity index is 2.12. The second-order valence-corrected chi connectivity index (χ2v) is 6.99.